The topological polar surface area (TPSA) is 52.7 Å². The van der Waals surface area contributed by atoms with Crippen LogP contribution in [0.5, 0.6) is 0 Å². The van der Waals surface area contributed by atoms with E-state index >= 15 is 0 Å². The molecule has 2 rings (SSSR count). The first-order valence-corrected chi connectivity index (χ1v) is 7.39. The lowest BCUT2D eigenvalue weighted by atomic mass is 10.0. The van der Waals surface area contributed by atoms with Crippen LogP contribution in [0.25, 0.3) is 0 Å². The molecule has 20 heavy (non-hydrogen) atoms. The molecule has 0 aromatic heterocycles. The van der Waals surface area contributed by atoms with Gasteiger partial charge in [-0.2, -0.15) is 0 Å². The number of aliphatic hydroxyl groups is 1. The van der Waals surface area contributed by atoms with Crippen molar-refractivity contribution < 1.29 is 5.11 Å². The van der Waals surface area contributed by atoms with Gasteiger partial charge in [-0.15, -0.1) is 0 Å². The Labute approximate surface area is 122 Å². The molecular weight excluding hydrogens is 250 g/mol. The molecule has 0 spiro atoms. The van der Waals surface area contributed by atoms with E-state index < -0.39 is 5.60 Å². The molecule has 1 unspecified atom stereocenters. The number of nitrogen functional groups attached to an aromatic ring is 1. The van der Waals surface area contributed by atoms with Gasteiger partial charge in [0.05, 0.1) is 5.60 Å². The molecule has 3 N–H and O–H groups in total. The van der Waals surface area contributed by atoms with Gasteiger partial charge >= 0.3 is 0 Å². The number of piperazine rings is 1. The molecule has 1 heterocycles. The number of β-amino-alcohol motifs (C(OH)–C–C–N with tert-alkyl or cyclic N) is 1. The van der Waals surface area contributed by atoms with Gasteiger partial charge in [0.2, 0.25) is 0 Å². The second kappa shape index (κ2) is 6.12. The van der Waals surface area contributed by atoms with Crippen molar-refractivity contribution in [2.24, 2.45) is 0 Å². The van der Waals surface area contributed by atoms with Crippen LogP contribution in [-0.4, -0.2) is 53.2 Å². The molecule has 112 valence electrons. The zero-order chi connectivity index (χ0) is 14.8. The van der Waals surface area contributed by atoms with E-state index in [0.717, 1.165) is 38.4 Å². The lowest BCUT2D eigenvalue weighted by Crippen LogP contribution is -2.50. The summed E-state index contributed by atoms with van der Waals surface area (Å²) in [5, 5.41) is 9.88. The maximum Gasteiger partial charge on any atom is 0.0718 e. The largest absolute Gasteiger partial charge is 0.399 e. The molecule has 0 radical (unpaired) electrons. The van der Waals surface area contributed by atoms with E-state index in [0.29, 0.717) is 6.04 Å². The molecule has 1 saturated heterocycles. The van der Waals surface area contributed by atoms with Gasteiger partial charge in [-0.05, 0) is 38.5 Å². The fraction of sp³-hybridized carbons (Fsp3) is 0.625. The van der Waals surface area contributed by atoms with E-state index in [1.807, 2.05) is 26.0 Å². The Morgan fingerprint density at radius 1 is 1.25 bits per heavy atom. The first-order chi connectivity index (χ1) is 9.35. The van der Waals surface area contributed by atoms with E-state index in [2.05, 4.69) is 28.9 Å². The van der Waals surface area contributed by atoms with Crippen molar-refractivity contribution in [1.82, 2.24) is 9.80 Å². The Morgan fingerprint density at radius 3 is 2.45 bits per heavy atom. The van der Waals surface area contributed by atoms with Crippen LogP contribution in [-0.2, 0) is 0 Å². The summed E-state index contributed by atoms with van der Waals surface area (Å²) in [6, 6.07) is 8.55. The SMILES string of the molecule is CC(c1cccc(N)c1)N1CCN(CC(C)(C)O)CC1. The van der Waals surface area contributed by atoms with Crippen LogP contribution in [0.4, 0.5) is 5.69 Å². The first kappa shape index (κ1) is 15.3. The number of nitrogens with zero attached hydrogens (tertiary/aromatic N) is 2. The van der Waals surface area contributed by atoms with Gasteiger partial charge in [0, 0.05) is 44.5 Å². The summed E-state index contributed by atoms with van der Waals surface area (Å²) in [6.45, 7) is 10.8. The average Bonchev–Trinajstić information content (AvgIpc) is 2.37. The van der Waals surface area contributed by atoms with E-state index in [4.69, 9.17) is 5.73 Å². The summed E-state index contributed by atoms with van der Waals surface area (Å²) < 4.78 is 0. The van der Waals surface area contributed by atoms with Crippen LogP contribution in [0, 0.1) is 0 Å². The van der Waals surface area contributed by atoms with Crippen LogP contribution in [0.1, 0.15) is 32.4 Å². The second-order valence-corrected chi connectivity index (χ2v) is 6.47. The van der Waals surface area contributed by atoms with Gasteiger partial charge in [-0.3, -0.25) is 9.80 Å². The summed E-state index contributed by atoms with van der Waals surface area (Å²) in [7, 11) is 0. The number of nitrogens with two attached hydrogens (primary N) is 1. The molecule has 1 aliphatic rings. The van der Waals surface area contributed by atoms with Crippen molar-refractivity contribution in [3.8, 4) is 0 Å². The highest BCUT2D eigenvalue weighted by molar-refractivity contribution is 5.41. The average molecular weight is 277 g/mol. The Morgan fingerprint density at radius 2 is 1.90 bits per heavy atom. The normalized spacial score (nSPS) is 20.0. The minimum atomic E-state index is -0.609. The van der Waals surface area contributed by atoms with E-state index in [1.54, 1.807) is 0 Å². The summed E-state index contributed by atoms with van der Waals surface area (Å²) >= 11 is 0. The molecule has 4 nitrogen and oxygen atoms in total. The molecule has 1 fully saturated rings. The number of hydrogen-bond acceptors (Lipinski definition) is 4. The maximum absolute atomic E-state index is 9.88. The van der Waals surface area contributed by atoms with E-state index in [1.165, 1.54) is 5.56 Å². The highest BCUT2D eigenvalue weighted by Crippen LogP contribution is 2.23. The molecule has 0 bridgehead atoms. The van der Waals surface area contributed by atoms with Gasteiger partial charge in [0.15, 0.2) is 0 Å². The van der Waals surface area contributed by atoms with Crippen molar-refractivity contribution in [1.29, 1.82) is 0 Å². The second-order valence-electron chi connectivity index (χ2n) is 6.47. The minimum absolute atomic E-state index is 0.391. The van der Waals surface area contributed by atoms with Gasteiger partial charge in [0.1, 0.15) is 0 Å². The lowest BCUT2D eigenvalue weighted by Gasteiger charge is -2.40. The fourth-order valence-electron chi connectivity index (χ4n) is 2.89. The minimum Gasteiger partial charge on any atom is -0.399 e. The van der Waals surface area contributed by atoms with Crippen molar-refractivity contribution in [2.45, 2.75) is 32.4 Å². The smallest absolute Gasteiger partial charge is 0.0718 e. The van der Waals surface area contributed by atoms with Gasteiger partial charge in [-0.25, -0.2) is 0 Å². The van der Waals surface area contributed by atoms with Gasteiger partial charge in [0.25, 0.3) is 0 Å². The summed E-state index contributed by atoms with van der Waals surface area (Å²) in [5.41, 5.74) is 7.36. The number of hydrogen-bond donors (Lipinski definition) is 2. The maximum atomic E-state index is 9.88. The summed E-state index contributed by atoms with van der Waals surface area (Å²) in [6.07, 6.45) is 0. The molecule has 0 aliphatic carbocycles. The van der Waals surface area contributed by atoms with Crippen molar-refractivity contribution in [3.05, 3.63) is 29.8 Å². The molecule has 1 atom stereocenters. The molecule has 0 saturated carbocycles. The monoisotopic (exact) mass is 277 g/mol. The van der Waals surface area contributed by atoms with E-state index in [9.17, 15) is 5.11 Å². The molecular formula is C16H27N3O. The molecule has 1 aromatic rings. The quantitative estimate of drug-likeness (QED) is 0.823. The Bertz CT molecular complexity index is 434. The first-order valence-electron chi connectivity index (χ1n) is 7.39. The highest BCUT2D eigenvalue weighted by atomic mass is 16.3. The Kier molecular flexibility index (Phi) is 4.68. The van der Waals surface area contributed by atoms with E-state index in [-0.39, 0.29) is 0 Å². The Balaban J connectivity index is 1.90. The molecule has 0 amide bonds. The van der Waals surface area contributed by atoms with Crippen LogP contribution in [0.2, 0.25) is 0 Å². The Hall–Kier alpha value is -1.10. The van der Waals surface area contributed by atoms with Crippen LogP contribution in [0.3, 0.4) is 0 Å². The third-order valence-electron chi connectivity index (χ3n) is 3.96. The summed E-state index contributed by atoms with van der Waals surface area (Å²) in [5.74, 6) is 0. The standard InChI is InChI=1S/C16H27N3O/c1-13(14-5-4-6-15(17)11-14)19-9-7-18(8-10-19)12-16(2,3)20/h4-6,11,13,20H,7-10,12,17H2,1-3H3. The van der Waals surface area contributed by atoms with Crippen LogP contribution < -0.4 is 5.73 Å². The van der Waals surface area contributed by atoms with Crippen molar-refractivity contribution in [3.63, 3.8) is 0 Å². The summed E-state index contributed by atoms with van der Waals surface area (Å²) in [4.78, 5) is 4.82. The van der Waals surface area contributed by atoms with Crippen molar-refractivity contribution in [2.75, 3.05) is 38.5 Å². The predicted molar refractivity (Wildman–Crippen MR) is 83.6 cm³/mol. The van der Waals surface area contributed by atoms with Gasteiger partial charge in [-0.1, -0.05) is 12.1 Å². The third kappa shape index (κ3) is 4.20. The van der Waals surface area contributed by atoms with Gasteiger partial charge < -0.3 is 10.8 Å². The molecule has 1 aliphatic heterocycles. The number of anilines is 1. The highest BCUT2D eigenvalue weighted by Gasteiger charge is 2.25. The predicted octanol–water partition coefficient (Wildman–Crippen LogP) is 1.72. The lowest BCUT2D eigenvalue weighted by molar-refractivity contribution is 0.0120. The van der Waals surface area contributed by atoms with Crippen molar-refractivity contribution >= 4 is 5.69 Å². The van der Waals surface area contributed by atoms with Crippen LogP contribution >= 0.6 is 0 Å². The molecule has 1 aromatic carbocycles. The molecule has 4 heteroatoms. The number of benzene rings is 1. The van der Waals surface area contributed by atoms with Crippen LogP contribution in [0.15, 0.2) is 24.3 Å². The zero-order valence-electron chi connectivity index (χ0n) is 12.8. The third-order valence-corrected chi connectivity index (χ3v) is 3.96. The number of rotatable bonds is 4. The fourth-order valence-corrected chi connectivity index (χ4v) is 2.89. The zero-order valence-corrected chi connectivity index (χ0v) is 12.8.